The molecule has 2 heteroatoms. The molecule has 0 spiro atoms. The first-order valence-corrected chi connectivity index (χ1v) is 3.00. The van der Waals surface area contributed by atoms with Gasteiger partial charge in [-0.05, 0) is 18.6 Å². The van der Waals surface area contributed by atoms with Crippen LogP contribution in [0.25, 0.3) is 0 Å². The fourth-order valence-electron chi connectivity index (χ4n) is 0.563. The molecule has 0 saturated carbocycles. The van der Waals surface area contributed by atoms with Crippen molar-refractivity contribution >= 4 is 31.5 Å². The minimum absolute atomic E-state index is 0. The van der Waals surface area contributed by atoms with Crippen LogP contribution in [-0.2, 0) is 0 Å². The van der Waals surface area contributed by atoms with Crippen molar-refractivity contribution in [3.63, 3.8) is 0 Å². The van der Waals surface area contributed by atoms with Crippen molar-refractivity contribution in [3.05, 3.63) is 29.8 Å². The van der Waals surface area contributed by atoms with E-state index in [9.17, 15) is 0 Å². The zero-order valence-corrected chi connectivity index (χ0v) is 5.65. The number of hydrogen-bond donors (Lipinski definition) is 1. The second kappa shape index (κ2) is 4.06. The summed E-state index contributed by atoms with van der Waals surface area (Å²) >= 11 is 4.20. The van der Waals surface area contributed by atoms with E-state index >= 15 is 0 Å². The predicted molar refractivity (Wildman–Crippen MR) is 45.6 cm³/mol. The zero-order chi connectivity index (χ0) is 5.98. The minimum atomic E-state index is 0. The molecule has 0 fully saturated rings. The number of aryl methyl sites for hydroxylation is 1. The predicted octanol–water partition coefficient (Wildman–Crippen LogP) is 1.64. The Kier molecular flexibility index (Phi) is 4.13. The third-order valence-corrected chi connectivity index (χ3v) is 1.62. The van der Waals surface area contributed by atoms with Gasteiger partial charge in [0.1, 0.15) is 0 Å². The standard InChI is InChI=1S/C7H8S.Li.H/c1-6-4-2-3-5-7(6)8;;/h2-5,8H,1H3;;. The quantitative estimate of drug-likeness (QED) is 0.402. The second-order valence-corrected chi connectivity index (χ2v) is 2.27. The fourth-order valence-corrected chi connectivity index (χ4v) is 0.724. The normalized spacial score (nSPS) is 8.22. The Morgan fingerprint density at radius 1 is 1.22 bits per heavy atom. The average molecular weight is 132 g/mol. The van der Waals surface area contributed by atoms with E-state index in [1.54, 1.807) is 0 Å². The van der Waals surface area contributed by atoms with Gasteiger partial charge in [0, 0.05) is 4.90 Å². The summed E-state index contributed by atoms with van der Waals surface area (Å²) in [5.41, 5.74) is 1.23. The van der Waals surface area contributed by atoms with Gasteiger partial charge in [-0.3, -0.25) is 0 Å². The topological polar surface area (TPSA) is 0 Å². The molecule has 1 aromatic carbocycles. The van der Waals surface area contributed by atoms with Gasteiger partial charge in [-0.1, -0.05) is 18.2 Å². The van der Waals surface area contributed by atoms with Gasteiger partial charge in [0.2, 0.25) is 0 Å². The molecule has 44 valence electrons. The summed E-state index contributed by atoms with van der Waals surface area (Å²) in [7, 11) is 0. The molecule has 0 amide bonds. The molecule has 0 bridgehead atoms. The number of thiol groups is 1. The summed E-state index contributed by atoms with van der Waals surface area (Å²) in [5.74, 6) is 0. The van der Waals surface area contributed by atoms with E-state index in [4.69, 9.17) is 0 Å². The molecule has 9 heavy (non-hydrogen) atoms. The molecule has 1 rings (SSSR count). The fraction of sp³-hybridized carbons (Fsp3) is 0.143. The molecule has 0 saturated heterocycles. The molecule has 0 unspecified atom stereocenters. The SMILES string of the molecule is Cc1ccccc1S.[LiH]. The van der Waals surface area contributed by atoms with Crippen molar-refractivity contribution in [2.24, 2.45) is 0 Å². The Morgan fingerprint density at radius 2 is 1.78 bits per heavy atom. The third-order valence-electron chi connectivity index (χ3n) is 1.12. The molecule has 0 aliphatic carbocycles. The van der Waals surface area contributed by atoms with E-state index in [1.165, 1.54) is 5.56 Å². The van der Waals surface area contributed by atoms with Gasteiger partial charge in [0.25, 0.3) is 0 Å². The van der Waals surface area contributed by atoms with Crippen LogP contribution in [0.4, 0.5) is 0 Å². The van der Waals surface area contributed by atoms with Crippen molar-refractivity contribution in [2.45, 2.75) is 11.8 Å². The molecule has 0 nitrogen and oxygen atoms in total. The summed E-state index contributed by atoms with van der Waals surface area (Å²) in [6.45, 7) is 2.04. The van der Waals surface area contributed by atoms with Crippen LogP contribution in [0.1, 0.15) is 5.56 Å². The Morgan fingerprint density at radius 3 is 2.11 bits per heavy atom. The number of benzene rings is 1. The molecule has 0 atom stereocenters. The first-order chi connectivity index (χ1) is 3.80. The first-order valence-electron chi connectivity index (χ1n) is 2.55. The summed E-state index contributed by atoms with van der Waals surface area (Å²) in [5, 5.41) is 0. The molecule has 0 radical (unpaired) electrons. The number of rotatable bonds is 0. The number of hydrogen-bond acceptors (Lipinski definition) is 1. The van der Waals surface area contributed by atoms with Crippen molar-refractivity contribution in [2.75, 3.05) is 0 Å². The van der Waals surface area contributed by atoms with Crippen LogP contribution in [0.3, 0.4) is 0 Å². The molecule has 0 aromatic heterocycles. The van der Waals surface area contributed by atoms with Crippen LogP contribution in [-0.4, -0.2) is 18.9 Å². The van der Waals surface area contributed by atoms with E-state index in [0.29, 0.717) is 0 Å². The maximum absolute atomic E-state index is 4.20. The van der Waals surface area contributed by atoms with Gasteiger partial charge in [0.15, 0.2) is 0 Å². The summed E-state index contributed by atoms with van der Waals surface area (Å²) < 4.78 is 0. The van der Waals surface area contributed by atoms with Crippen LogP contribution in [0.5, 0.6) is 0 Å². The summed E-state index contributed by atoms with van der Waals surface area (Å²) in [4.78, 5) is 1.06. The van der Waals surface area contributed by atoms with Gasteiger partial charge in [0.05, 0.1) is 0 Å². The summed E-state index contributed by atoms with van der Waals surface area (Å²) in [6, 6.07) is 8.02. The van der Waals surface area contributed by atoms with Crippen molar-refractivity contribution in [1.29, 1.82) is 0 Å². The van der Waals surface area contributed by atoms with Gasteiger partial charge in [-0.2, -0.15) is 0 Å². The van der Waals surface area contributed by atoms with Crippen molar-refractivity contribution in [3.8, 4) is 0 Å². The monoisotopic (exact) mass is 132 g/mol. The van der Waals surface area contributed by atoms with Gasteiger partial charge in [-0.25, -0.2) is 0 Å². The molecule has 0 aliphatic rings. The van der Waals surface area contributed by atoms with Crippen LogP contribution in [0.15, 0.2) is 29.2 Å². The zero-order valence-electron chi connectivity index (χ0n) is 4.76. The van der Waals surface area contributed by atoms with E-state index in [0.717, 1.165) is 4.90 Å². The average Bonchev–Trinajstić information content (AvgIpc) is 1.77. The second-order valence-electron chi connectivity index (χ2n) is 1.79. The van der Waals surface area contributed by atoms with Crippen LogP contribution < -0.4 is 0 Å². The van der Waals surface area contributed by atoms with E-state index in [-0.39, 0.29) is 18.9 Å². The third kappa shape index (κ3) is 2.49. The molecule has 0 heterocycles. The molecular weight excluding hydrogens is 123 g/mol. The summed E-state index contributed by atoms with van der Waals surface area (Å²) in [6.07, 6.45) is 0. The van der Waals surface area contributed by atoms with Gasteiger partial charge in [-0.15, -0.1) is 12.6 Å². The Labute approximate surface area is 73.2 Å². The van der Waals surface area contributed by atoms with E-state index in [2.05, 4.69) is 12.6 Å². The Hall–Kier alpha value is 0.167. The van der Waals surface area contributed by atoms with Gasteiger partial charge >= 0.3 is 18.9 Å². The Balaban J connectivity index is 0.000000640. The molecule has 0 aliphatic heterocycles. The van der Waals surface area contributed by atoms with Gasteiger partial charge < -0.3 is 0 Å². The van der Waals surface area contributed by atoms with Crippen LogP contribution in [0, 0.1) is 6.92 Å². The van der Waals surface area contributed by atoms with E-state index < -0.39 is 0 Å². The molecule has 0 N–H and O–H groups in total. The van der Waals surface area contributed by atoms with Crippen LogP contribution in [0.2, 0.25) is 0 Å². The van der Waals surface area contributed by atoms with Crippen molar-refractivity contribution < 1.29 is 0 Å². The van der Waals surface area contributed by atoms with E-state index in [1.807, 2.05) is 31.2 Å². The van der Waals surface area contributed by atoms with Crippen molar-refractivity contribution in [1.82, 2.24) is 0 Å². The molecule has 1 aromatic rings. The Bertz CT molecular complexity index is 165. The maximum atomic E-state index is 4.20. The van der Waals surface area contributed by atoms with Crippen LogP contribution >= 0.6 is 12.6 Å². The molecular formula is C7H9LiS. The first kappa shape index (κ1) is 9.17.